The van der Waals surface area contributed by atoms with Crippen molar-refractivity contribution < 1.29 is 253 Å². The summed E-state index contributed by atoms with van der Waals surface area (Å²) in [6.07, 6.45) is -107. The lowest BCUT2D eigenvalue weighted by atomic mass is 9.94. The van der Waals surface area contributed by atoms with Crippen LogP contribution in [0.3, 0.4) is 0 Å². The van der Waals surface area contributed by atoms with Crippen LogP contribution < -0.4 is 5.32 Å². The SMILES string of the molecule is CC(=O)N[C@H]1C(O)O[C@H](CO)[C@@H](O[C@@H]2O[C@H](CO[C@@H]3O[C@H](CO[C@H]4O[C@H](CO)[C@@H](O)[C@H](O)[C@@H]4O[C@H]4O[C@H](CO)[C@@H](O)[C@H](O)[C@@H]4O)[C@@H](O)[C@H](O[C@H]4O[C@H](CO)[C@@H](O)[C@H](O)[C@@H]4O[C@H]4O[C@H](CO)[C@@H](O)[C@H](O)[C@@H]4O)[C@@H]3O)[C@@H](O)[C@H](O[C@H]3O[C@H](CO)[C@@H](O)[C@H](O)[C@@H]3O[C@H]3O[C@H](CO)[C@@H](O)[C@H](O)[C@@H]3O[C@H]3O[C@H](CO)[C@@H](O)[C@H](O)[C@@H]3O)[C@@H]2O)[C@@H]1O. The number of carbonyl (C=O) groups excluding carboxylic acids is 1. The van der Waals surface area contributed by atoms with Crippen LogP contribution >= 0.6 is 0 Å². The van der Waals surface area contributed by atoms with Crippen molar-refractivity contribution in [3.63, 3.8) is 0 Å². The molecule has 10 aliphatic heterocycles. The predicted molar refractivity (Wildman–Crippen MR) is 341 cm³/mol. The van der Waals surface area contributed by atoms with Crippen LogP contribution in [0.4, 0.5) is 0 Å². The van der Waals surface area contributed by atoms with E-state index in [1.165, 1.54) is 0 Å². The Morgan fingerprint density at radius 2 is 0.465 bits per heavy atom. The first kappa shape index (κ1) is 93.7. The molecular weight excluding hydrogens is 1570 g/mol. The van der Waals surface area contributed by atoms with Crippen LogP contribution in [-0.2, 0) is 94.8 Å². The smallest absolute Gasteiger partial charge is 0.217 e. The van der Waals surface area contributed by atoms with E-state index in [-0.39, 0.29) is 0 Å². The van der Waals surface area contributed by atoms with Gasteiger partial charge in [-0.15, -0.1) is 0 Å². The van der Waals surface area contributed by atoms with Crippen molar-refractivity contribution in [1.82, 2.24) is 5.32 Å². The molecule has 664 valence electrons. The Morgan fingerprint density at radius 3 is 0.789 bits per heavy atom. The summed E-state index contributed by atoms with van der Waals surface area (Å²) in [6, 6.07) is -1.81. The highest BCUT2D eigenvalue weighted by atomic mass is 16.8. The molecule has 0 bridgehead atoms. The van der Waals surface area contributed by atoms with Gasteiger partial charge in [0.15, 0.2) is 62.9 Å². The van der Waals surface area contributed by atoms with Crippen molar-refractivity contribution in [2.75, 3.05) is 66.1 Å². The number of amides is 1. The molecule has 10 aliphatic rings. The van der Waals surface area contributed by atoms with Gasteiger partial charge in [0.25, 0.3) is 0 Å². The summed E-state index contributed by atoms with van der Waals surface area (Å²) in [5.74, 6) is -0.882. The van der Waals surface area contributed by atoms with Crippen molar-refractivity contribution in [2.24, 2.45) is 0 Å². The average Bonchev–Trinajstić information content (AvgIpc) is 0.725. The third kappa shape index (κ3) is 19.7. The molecule has 114 heavy (non-hydrogen) atoms. The van der Waals surface area contributed by atoms with Gasteiger partial charge in [-0.1, -0.05) is 0 Å². The van der Waals surface area contributed by atoms with Gasteiger partial charge in [0.05, 0.1) is 66.1 Å². The summed E-state index contributed by atoms with van der Waals surface area (Å²) in [7, 11) is 0. The Bertz CT molecular complexity index is 2920. The van der Waals surface area contributed by atoms with Crippen molar-refractivity contribution in [2.45, 2.75) is 314 Å². The number of rotatable bonds is 29. The van der Waals surface area contributed by atoms with Crippen LogP contribution in [0.15, 0.2) is 0 Å². The van der Waals surface area contributed by atoms with Gasteiger partial charge in [-0.25, -0.2) is 0 Å². The van der Waals surface area contributed by atoms with Crippen LogP contribution in [0.1, 0.15) is 6.92 Å². The van der Waals surface area contributed by atoms with Crippen LogP contribution in [0.2, 0.25) is 0 Å². The maximum Gasteiger partial charge on any atom is 0.217 e. The summed E-state index contributed by atoms with van der Waals surface area (Å²) in [4.78, 5) is 12.4. The lowest BCUT2D eigenvalue weighted by molar-refractivity contribution is -0.408. The van der Waals surface area contributed by atoms with Crippen molar-refractivity contribution in [3.05, 3.63) is 0 Å². The molecule has 10 fully saturated rings. The van der Waals surface area contributed by atoms with E-state index in [0.29, 0.717) is 0 Å². The fourth-order valence-electron chi connectivity index (χ4n) is 14.6. The minimum absolute atomic E-state index is 0.882. The number of hydrogen-bond donors (Lipinski definition) is 32. The summed E-state index contributed by atoms with van der Waals surface area (Å²) in [6.45, 7) is -10.3. The van der Waals surface area contributed by atoms with Crippen molar-refractivity contribution in [1.29, 1.82) is 0 Å². The van der Waals surface area contributed by atoms with Gasteiger partial charge in [-0.3, -0.25) is 4.79 Å². The van der Waals surface area contributed by atoms with E-state index in [1.807, 2.05) is 0 Å². The van der Waals surface area contributed by atoms with Crippen molar-refractivity contribution in [3.8, 4) is 0 Å². The molecule has 52 heteroatoms. The quantitative estimate of drug-likeness (QED) is 0.0331. The number of carbonyl (C=O) groups is 1. The van der Waals surface area contributed by atoms with E-state index < -0.39 is 379 Å². The molecule has 0 aromatic carbocycles. The minimum atomic E-state index is -2.57. The summed E-state index contributed by atoms with van der Waals surface area (Å²) >= 11 is 0. The fraction of sp³-hybridized carbons (Fsp3) is 0.984. The Hall–Kier alpha value is -2.53. The van der Waals surface area contributed by atoms with Crippen LogP contribution in [0.25, 0.3) is 0 Å². The zero-order valence-electron chi connectivity index (χ0n) is 60.0. The van der Waals surface area contributed by atoms with Crippen LogP contribution in [-0.4, -0.2) is 537 Å². The standard InChI is InChI=1S/C62H105NO51/c1-12(72)63-23-33(82)46(20(9-71)98-53(23)95)108-58-45(94)48(110-61-52(40(89)30(79)18(7-69)104-61)114-62-51(39(88)29(78)19(8-70)105-62)113-57-43(92)36(85)26(75)15(4-66)101-57)32(81)22(107-58)10-96-54-44(93)47(109-60-50(38(87)28(77)17(6-68)103-60)112-56-42(91)35(84)25(74)14(3-65)100-56)31(80)21(106-54)11-97-59-49(37(86)27(76)16(5-67)102-59)111-55-41(90)34(83)24(73)13(2-64)99-55/h13-62,64-71,73-95H,2-11H2,1H3,(H,63,72)/t13-,14-,15-,16-,17-,18-,19-,20-,21-,22-,23-,24-,25-,26-,27-,28-,29-,30-,31-,32-,33-,34+,35+,36+,37+,38+,39+,40+,41+,42+,43+,44+,45+,46-,47+,48+,49+,50+,51+,52+,53?,54-,55-,56-,57-,58+,59+,60-,61-,62-/m1/s1. The van der Waals surface area contributed by atoms with E-state index >= 15 is 0 Å². The van der Waals surface area contributed by atoms with E-state index in [4.69, 9.17) is 90.0 Å². The molecule has 0 radical (unpaired) electrons. The van der Waals surface area contributed by atoms with E-state index in [2.05, 4.69) is 5.32 Å². The molecule has 52 nitrogen and oxygen atoms in total. The average molecular weight is 1680 g/mol. The maximum absolute atomic E-state index is 12.6. The van der Waals surface area contributed by atoms with Gasteiger partial charge in [-0.2, -0.15) is 0 Å². The molecule has 1 unspecified atom stereocenters. The molecule has 0 aliphatic carbocycles. The fourth-order valence-corrected chi connectivity index (χ4v) is 14.6. The lowest BCUT2D eigenvalue weighted by Crippen LogP contribution is -2.69. The molecule has 10 rings (SSSR count). The number of ether oxygens (including phenoxy) is 19. The highest BCUT2D eigenvalue weighted by Gasteiger charge is 2.61. The normalized spacial score (nSPS) is 52.6. The molecular formula is C62H105NO51. The number of aliphatic hydroxyl groups is 31. The number of aliphatic hydroxyl groups excluding tert-OH is 31. The molecule has 50 atom stereocenters. The molecule has 10 heterocycles. The first-order valence-corrected chi connectivity index (χ1v) is 36.2. The molecule has 0 saturated carbocycles. The number of hydrogen-bond acceptors (Lipinski definition) is 51. The van der Waals surface area contributed by atoms with E-state index in [9.17, 15) is 163 Å². The second-order valence-electron chi connectivity index (χ2n) is 28.8. The van der Waals surface area contributed by atoms with Crippen LogP contribution in [0.5, 0.6) is 0 Å². The zero-order valence-corrected chi connectivity index (χ0v) is 60.0. The predicted octanol–water partition coefficient (Wildman–Crippen LogP) is -22.7. The largest absolute Gasteiger partial charge is 0.394 e. The topological polar surface area (TPSA) is 832 Å². The first-order valence-electron chi connectivity index (χ1n) is 36.2. The highest BCUT2D eigenvalue weighted by Crippen LogP contribution is 2.41. The van der Waals surface area contributed by atoms with Gasteiger partial charge in [-0.05, 0) is 0 Å². The molecule has 32 N–H and O–H groups in total. The van der Waals surface area contributed by atoms with Gasteiger partial charge in [0.1, 0.15) is 244 Å². The molecule has 0 aromatic heterocycles. The molecule has 10 saturated heterocycles. The molecule has 1 amide bonds. The Kier molecular flexibility index (Phi) is 33.4. The Labute approximate surface area is 642 Å². The van der Waals surface area contributed by atoms with E-state index in [1.54, 1.807) is 0 Å². The Morgan fingerprint density at radius 1 is 0.228 bits per heavy atom. The second kappa shape index (κ2) is 40.6. The third-order valence-corrected chi connectivity index (χ3v) is 21.3. The zero-order chi connectivity index (χ0) is 83.7. The first-order chi connectivity index (χ1) is 54.0. The van der Waals surface area contributed by atoms with Gasteiger partial charge in [0.2, 0.25) is 5.91 Å². The second-order valence-corrected chi connectivity index (χ2v) is 28.8. The van der Waals surface area contributed by atoms with Gasteiger partial charge in [0, 0.05) is 6.92 Å². The van der Waals surface area contributed by atoms with Crippen LogP contribution in [0, 0.1) is 0 Å². The maximum atomic E-state index is 12.6. The Balaban J connectivity index is 0.999. The number of nitrogens with one attached hydrogen (secondary N) is 1. The van der Waals surface area contributed by atoms with Gasteiger partial charge >= 0.3 is 0 Å². The van der Waals surface area contributed by atoms with E-state index in [0.717, 1.165) is 6.92 Å². The van der Waals surface area contributed by atoms with Crippen molar-refractivity contribution >= 4 is 5.91 Å². The minimum Gasteiger partial charge on any atom is -0.394 e. The lowest BCUT2D eigenvalue weighted by Gasteiger charge is -2.50. The molecule has 0 aromatic rings. The third-order valence-electron chi connectivity index (χ3n) is 21.3. The molecule has 0 spiro atoms. The van der Waals surface area contributed by atoms with Gasteiger partial charge < -0.3 is 254 Å². The monoisotopic (exact) mass is 1680 g/mol. The summed E-state index contributed by atoms with van der Waals surface area (Å²) < 4.78 is 111. The summed E-state index contributed by atoms with van der Waals surface area (Å²) in [5, 5.41) is 344. The highest BCUT2D eigenvalue weighted by molar-refractivity contribution is 5.73. The summed E-state index contributed by atoms with van der Waals surface area (Å²) in [5.41, 5.74) is 0.